The summed E-state index contributed by atoms with van der Waals surface area (Å²) in [6, 6.07) is 16.4. The molecule has 0 fully saturated rings. The lowest BCUT2D eigenvalue weighted by Gasteiger charge is -2.30. The van der Waals surface area contributed by atoms with Crippen LogP contribution in [0.15, 0.2) is 71.4 Å². The second-order valence-corrected chi connectivity index (χ2v) is 11.0. The molecular weight excluding hydrogens is 652 g/mol. The van der Waals surface area contributed by atoms with Crippen molar-refractivity contribution in [3.05, 3.63) is 107 Å². The Morgan fingerprint density at radius 2 is 1.82 bits per heavy atom. The molecule has 1 heterocycles. The summed E-state index contributed by atoms with van der Waals surface area (Å²) >= 11 is 14.5. The Kier molecular flexibility index (Phi) is 7.94. The number of rotatable bonds is 7. The molecule has 0 spiro atoms. The third-order valence-corrected chi connectivity index (χ3v) is 8.10. The summed E-state index contributed by atoms with van der Waals surface area (Å²) in [6.45, 7) is 3.99. The first-order chi connectivity index (χ1) is 18.7. The van der Waals surface area contributed by atoms with Gasteiger partial charge in [-0.2, -0.15) is 0 Å². The monoisotopic (exact) mass is 675 g/mol. The first kappa shape index (κ1) is 27.6. The van der Waals surface area contributed by atoms with E-state index in [9.17, 15) is 9.59 Å². The number of ketones is 1. The van der Waals surface area contributed by atoms with E-state index in [1.165, 1.54) is 0 Å². The molecular formula is C30H24Cl2INO5. The van der Waals surface area contributed by atoms with Gasteiger partial charge in [-0.25, -0.2) is 4.79 Å². The van der Waals surface area contributed by atoms with E-state index in [-0.39, 0.29) is 19.0 Å². The van der Waals surface area contributed by atoms with Crippen LogP contribution < -0.4 is 14.8 Å². The van der Waals surface area contributed by atoms with Crippen LogP contribution in [0.3, 0.4) is 0 Å². The Morgan fingerprint density at radius 3 is 2.51 bits per heavy atom. The first-order valence-electron chi connectivity index (χ1n) is 12.2. The topological polar surface area (TPSA) is 73.9 Å². The number of ether oxygens (including phenoxy) is 3. The molecule has 1 N–H and O–H groups in total. The van der Waals surface area contributed by atoms with Crippen molar-refractivity contribution >= 4 is 63.2 Å². The zero-order valence-corrected chi connectivity index (χ0v) is 25.0. The van der Waals surface area contributed by atoms with Crippen LogP contribution in [0.4, 0.5) is 0 Å². The minimum Gasteiger partial charge on any atom is -0.493 e. The van der Waals surface area contributed by atoms with Gasteiger partial charge >= 0.3 is 5.97 Å². The minimum absolute atomic E-state index is 0.126. The fourth-order valence-corrected chi connectivity index (χ4v) is 6.22. The van der Waals surface area contributed by atoms with Crippen LogP contribution in [-0.2, 0) is 16.1 Å². The van der Waals surface area contributed by atoms with Crippen LogP contribution in [-0.4, -0.2) is 25.5 Å². The predicted octanol–water partition coefficient (Wildman–Crippen LogP) is 7.32. The number of methoxy groups -OCH3 is 1. The summed E-state index contributed by atoms with van der Waals surface area (Å²) in [5, 5.41) is 4.36. The third kappa shape index (κ3) is 5.03. The minimum atomic E-state index is -0.664. The summed E-state index contributed by atoms with van der Waals surface area (Å²) in [5.41, 5.74) is 5.12. The van der Waals surface area contributed by atoms with Gasteiger partial charge in [0.1, 0.15) is 6.61 Å². The fourth-order valence-electron chi connectivity index (χ4n) is 4.98. The number of dihydropyridines is 1. The predicted molar refractivity (Wildman–Crippen MR) is 159 cm³/mol. The number of nitrogens with one attached hydrogen (secondary N) is 1. The summed E-state index contributed by atoms with van der Waals surface area (Å²) in [5.74, 6) is -0.280. The van der Waals surface area contributed by atoms with Crippen molar-refractivity contribution in [1.82, 2.24) is 5.32 Å². The maximum Gasteiger partial charge on any atom is 0.336 e. The lowest BCUT2D eigenvalue weighted by atomic mass is 9.79. The van der Waals surface area contributed by atoms with Gasteiger partial charge in [-0.3, -0.25) is 4.79 Å². The largest absolute Gasteiger partial charge is 0.493 e. The van der Waals surface area contributed by atoms with E-state index in [1.807, 2.05) is 43.3 Å². The molecule has 0 aromatic heterocycles. The highest BCUT2D eigenvalue weighted by molar-refractivity contribution is 14.1. The van der Waals surface area contributed by atoms with Crippen LogP contribution >= 0.6 is 45.8 Å². The van der Waals surface area contributed by atoms with Crippen LogP contribution in [0.5, 0.6) is 11.5 Å². The van der Waals surface area contributed by atoms with Crippen LogP contribution in [0, 0.1) is 3.57 Å². The third-order valence-electron chi connectivity index (χ3n) is 6.72. The fraction of sp³-hybridized carbons (Fsp3) is 0.200. The van der Waals surface area contributed by atoms with Crippen molar-refractivity contribution in [1.29, 1.82) is 0 Å². The molecule has 2 aliphatic rings. The zero-order valence-electron chi connectivity index (χ0n) is 21.4. The molecule has 6 nitrogen and oxygen atoms in total. The van der Waals surface area contributed by atoms with Crippen LogP contribution in [0.2, 0.25) is 10.0 Å². The molecule has 1 atom stereocenters. The first-order valence-corrected chi connectivity index (χ1v) is 14.1. The molecule has 1 aliphatic carbocycles. The molecule has 39 heavy (non-hydrogen) atoms. The number of allylic oxidation sites excluding steroid dienone is 2. The number of benzene rings is 3. The van der Waals surface area contributed by atoms with E-state index in [2.05, 4.69) is 27.9 Å². The molecule has 0 unspecified atom stereocenters. The molecule has 0 saturated carbocycles. The average molecular weight is 676 g/mol. The van der Waals surface area contributed by atoms with E-state index in [0.29, 0.717) is 55.2 Å². The Hall–Kier alpha value is -3.01. The Balaban J connectivity index is 1.60. The molecule has 1 aliphatic heterocycles. The second kappa shape index (κ2) is 11.2. The molecule has 0 amide bonds. The summed E-state index contributed by atoms with van der Waals surface area (Å²) in [7, 11) is 1.55. The number of carbonyl (C=O) groups is 2. The number of Topliss-reactive ketones (excluding diaryl/α,β-unsaturated/α-hetero) is 1. The highest BCUT2D eigenvalue weighted by Gasteiger charge is 2.43. The molecule has 0 radical (unpaired) electrons. The van der Waals surface area contributed by atoms with Gasteiger partial charge in [-0.1, -0.05) is 53.5 Å². The van der Waals surface area contributed by atoms with Gasteiger partial charge in [0.05, 0.1) is 28.6 Å². The van der Waals surface area contributed by atoms with E-state index < -0.39 is 11.9 Å². The molecule has 3 aromatic carbocycles. The van der Waals surface area contributed by atoms with E-state index in [0.717, 1.165) is 14.7 Å². The number of hydrogen-bond acceptors (Lipinski definition) is 6. The summed E-state index contributed by atoms with van der Waals surface area (Å²) in [6.07, 6.45) is 0. The van der Waals surface area contributed by atoms with Gasteiger partial charge in [-0.15, -0.1) is 0 Å². The van der Waals surface area contributed by atoms with Crippen molar-refractivity contribution < 1.29 is 23.8 Å². The molecule has 9 heteroatoms. The van der Waals surface area contributed by atoms with E-state index in [4.69, 9.17) is 37.4 Å². The molecule has 0 saturated heterocycles. The number of hydrogen-bond donors (Lipinski definition) is 1. The van der Waals surface area contributed by atoms with E-state index >= 15 is 0 Å². The number of carbonyl (C=O) groups excluding carboxylic acids is 2. The lowest BCUT2D eigenvalue weighted by Crippen LogP contribution is -2.29. The van der Waals surface area contributed by atoms with Crippen LogP contribution in [0.25, 0.3) is 5.70 Å². The van der Waals surface area contributed by atoms with Gasteiger partial charge in [0.2, 0.25) is 0 Å². The van der Waals surface area contributed by atoms with E-state index in [1.54, 1.807) is 32.2 Å². The summed E-state index contributed by atoms with van der Waals surface area (Å²) in [4.78, 5) is 27.0. The standard InChI is InChI=1S/C30H24Cl2INO5/c1-4-38-30(36)24-15(2)34-27-19-7-5-6-8-20(19)28(35)26(27)25(24)17-11-22(33)29(23(12-17)37-3)39-14-16-9-10-18(31)13-21(16)32/h5-13,25,34H,4,14H2,1-3H3/t25-/m1/s1. The Labute approximate surface area is 250 Å². The van der Waals surface area contributed by atoms with Crippen molar-refractivity contribution in [2.75, 3.05) is 13.7 Å². The second-order valence-electron chi connectivity index (χ2n) is 9.04. The normalized spacial score (nSPS) is 16.1. The Morgan fingerprint density at radius 1 is 1.08 bits per heavy atom. The van der Waals surface area contributed by atoms with Gasteiger partial charge < -0.3 is 19.5 Å². The molecule has 200 valence electrons. The molecule has 3 aromatic rings. The molecule has 5 rings (SSSR count). The SMILES string of the molecule is CCOC(=O)C1=C(C)NC2=C(C(=O)c3ccccc32)[C@@H]1c1cc(I)c(OCc2ccc(Cl)cc2Cl)c(OC)c1. The van der Waals surface area contributed by atoms with Gasteiger partial charge in [0.15, 0.2) is 17.3 Å². The average Bonchev–Trinajstić information content (AvgIpc) is 3.19. The number of halogens is 3. The van der Waals surface area contributed by atoms with Gasteiger partial charge in [0, 0.05) is 43.9 Å². The highest BCUT2D eigenvalue weighted by atomic mass is 127. The smallest absolute Gasteiger partial charge is 0.336 e. The zero-order chi connectivity index (χ0) is 27.8. The van der Waals surface area contributed by atoms with Crippen molar-refractivity contribution in [3.8, 4) is 11.5 Å². The van der Waals surface area contributed by atoms with Crippen molar-refractivity contribution in [2.24, 2.45) is 0 Å². The van der Waals surface area contributed by atoms with Crippen LogP contribution in [0.1, 0.15) is 46.8 Å². The molecule has 0 bridgehead atoms. The van der Waals surface area contributed by atoms with Gasteiger partial charge in [-0.05, 0) is 66.3 Å². The lowest BCUT2D eigenvalue weighted by molar-refractivity contribution is -0.138. The van der Waals surface area contributed by atoms with Crippen molar-refractivity contribution in [3.63, 3.8) is 0 Å². The quantitative estimate of drug-likeness (QED) is 0.209. The number of esters is 1. The van der Waals surface area contributed by atoms with Gasteiger partial charge in [0.25, 0.3) is 0 Å². The van der Waals surface area contributed by atoms with Crippen molar-refractivity contribution in [2.45, 2.75) is 26.4 Å². The maximum atomic E-state index is 13.7. The Bertz CT molecular complexity index is 1580. The summed E-state index contributed by atoms with van der Waals surface area (Å²) < 4.78 is 18.1. The number of fused-ring (bicyclic) bond motifs is 2. The highest BCUT2D eigenvalue weighted by Crippen LogP contribution is 2.49. The maximum absolute atomic E-state index is 13.7.